The van der Waals surface area contributed by atoms with Crippen molar-refractivity contribution in [3.63, 3.8) is 0 Å². The zero-order chi connectivity index (χ0) is 16.8. The number of benzene rings is 1. The van der Waals surface area contributed by atoms with Gasteiger partial charge in [0.2, 0.25) is 5.43 Å². The van der Waals surface area contributed by atoms with E-state index >= 15 is 0 Å². The number of hydrogen-bond acceptors (Lipinski definition) is 4. The van der Waals surface area contributed by atoms with E-state index < -0.39 is 5.91 Å². The van der Waals surface area contributed by atoms with Crippen molar-refractivity contribution in [3.05, 3.63) is 58.0 Å². The van der Waals surface area contributed by atoms with Crippen molar-refractivity contribution in [3.8, 4) is 5.69 Å². The van der Waals surface area contributed by atoms with Crippen molar-refractivity contribution >= 4 is 5.91 Å². The molecule has 6 heteroatoms. The average Bonchev–Trinajstić information content (AvgIpc) is 2.53. The van der Waals surface area contributed by atoms with Gasteiger partial charge in [0.1, 0.15) is 0 Å². The second-order valence-corrected chi connectivity index (χ2v) is 5.40. The largest absolute Gasteiger partial charge is 0.385 e. The molecule has 1 aromatic heterocycles. The molecular formula is C17H21N3O3. The molecule has 0 bridgehead atoms. The van der Waals surface area contributed by atoms with Crippen molar-refractivity contribution in [2.45, 2.75) is 26.3 Å². The van der Waals surface area contributed by atoms with Crippen LogP contribution < -0.4 is 10.7 Å². The summed E-state index contributed by atoms with van der Waals surface area (Å²) >= 11 is 0. The lowest BCUT2D eigenvalue weighted by Gasteiger charge is -2.14. The number of para-hydroxylation sites is 1. The lowest BCUT2D eigenvalue weighted by atomic mass is 10.2. The van der Waals surface area contributed by atoms with Gasteiger partial charge in [0.05, 0.1) is 5.69 Å². The van der Waals surface area contributed by atoms with Crippen molar-refractivity contribution in [1.29, 1.82) is 0 Å². The molecule has 0 saturated heterocycles. The van der Waals surface area contributed by atoms with Gasteiger partial charge in [-0.15, -0.1) is 0 Å². The van der Waals surface area contributed by atoms with E-state index in [1.165, 1.54) is 6.07 Å². The molecule has 0 saturated carbocycles. The summed E-state index contributed by atoms with van der Waals surface area (Å²) in [6.45, 7) is 4.18. The van der Waals surface area contributed by atoms with Crippen molar-refractivity contribution in [1.82, 2.24) is 15.1 Å². The van der Waals surface area contributed by atoms with Gasteiger partial charge in [-0.25, -0.2) is 4.68 Å². The molecule has 23 heavy (non-hydrogen) atoms. The van der Waals surface area contributed by atoms with Gasteiger partial charge in [-0.1, -0.05) is 18.2 Å². The molecule has 1 aromatic carbocycles. The molecule has 0 aliphatic carbocycles. The van der Waals surface area contributed by atoms with E-state index in [1.54, 1.807) is 18.7 Å². The highest BCUT2D eigenvalue weighted by Gasteiger charge is 2.17. The number of methoxy groups -OCH3 is 1. The molecule has 1 N–H and O–H groups in total. The van der Waals surface area contributed by atoms with Crippen LogP contribution in [0.3, 0.4) is 0 Å². The number of ether oxygens (including phenoxy) is 1. The molecule has 0 aliphatic heterocycles. The van der Waals surface area contributed by atoms with Crippen LogP contribution in [-0.2, 0) is 4.74 Å². The fraction of sp³-hybridized carbons (Fsp3) is 0.353. The summed E-state index contributed by atoms with van der Waals surface area (Å²) < 4.78 is 6.58. The van der Waals surface area contributed by atoms with Crippen LogP contribution in [0.1, 0.15) is 29.5 Å². The Morgan fingerprint density at radius 2 is 2.04 bits per heavy atom. The van der Waals surface area contributed by atoms with E-state index in [0.29, 0.717) is 18.7 Å². The van der Waals surface area contributed by atoms with Gasteiger partial charge in [-0.05, 0) is 32.4 Å². The molecule has 0 unspecified atom stereocenters. The minimum Gasteiger partial charge on any atom is -0.385 e. The predicted octanol–water partition coefficient (Wildman–Crippen LogP) is 1.70. The fourth-order valence-corrected chi connectivity index (χ4v) is 2.19. The predicted molar refractivity (Wildman–Crippen MR) is 88.0 cm³/mol. The van der Waals surface area contributed by atoms with Crippen LogP contribution in [0.5, 0.6) is 0 Å². The Labute approximate surface area is 135 Å². The van der Waals surface area contributed by atoms with Gasteiger partial charge in [0.25, 0.3) is 5.91 Å². The minimum atomic E-state index is -0.469. The first-order valence-electron chi connectivity index (χ1n) is 7.49. The average molecular weight is 315 g/mol. The standard InChI is InChI=1S/C17H21N3O3/c1-12(9-10-23-3)18-17(22)16-15(21)11-13(2)20(19-16)14-7-5-4-6-8-14/h4-8,11-12H,9-10H2,1-3H3,(H,18,22)/t12-/m0/s1. The van der Waals surface area contributed by atoms with Crippen molar-refractivity contribution < 1.29 is 9.53 Å². The summed E-state index contributed by atoms with van der Waals surface area (Å²) in [6.07, 6.45) is 0.668. The molecule has 2 rings (SSSR count). The Morgan fingerprint density at radius 3 is 2.70 bits per heavy atom. The summed E-state index contributed by atoms with van der Waals surface area (Å²) in [5, 5.41) is 7.01. The molecular weight excluding hydrogens is 294 g/mol. The molecule has 1 atom stereocenters. The van der Waals surface area contributed by atoms with Crippen LogP contribution in [-0.4, -0.2) is 35.4 Å². The number of hydrogen-bond donors (Lipinski definition) is 1. The SMILES string of the molecule is COCC[C@H](C)NC(=O)c1nn(-c2ccccc2)c(C)cc1=O. The molecule has 0 spiro atoms. The first kappa shape index (κ1) is 16.9. The molecule has 122 valence electrons. The maximum absolute atomic E-state index is 12.3. The summed E-state index contributed by atoms with van der Waals surface area (Å²) in [7, 11) is 1.61. The number of nitrogens with one attached hydrogen (secondary N) is 1. The Bertz CT molecular complexity index is 726. The lowest BCUT2D eigenvalue weighted by Crippen LogP contribution is -2.37. The fourth-order valence-electron chi connectivity index (χ4n) is 2.19. The molecule has 6 nitrogen and oxygen atoms in total. The Morgan fingerprint density at radius 1 is 1.35 bits per heavy atom. The van der Waals surface area contributed by atoms with Gasteiger partial charge >= 0.3 is 0 Å². The summed E-state index contributed by atoms with van der Waals surface area (Å²) in [4.78, 5) is 24.4. The van der Waals surface area contributed by atoms with Crippen LogP contribution in [0.25, 0.3) is 5.69 Å². The summed E-state index contributed by atoms with van der Waals surface area (Å²) in [6, 6.07) is 10.7. The van der Waals surface area contributed by atoms with Gasteiger partial charge in [-0.3, -0.25) is 9.59 Å². The van der Waals surface area contributed by atoms with Crippen LogP contribution in [0, 0.1) is 6.92 Å². The van der Waals surface area contributed by atoms with Gasteiger partial charge in [0, 0.05) is 31.5 Å². The van der Waals surface area contributed by atoms with E-state index in [9.17, 15) is 9.59 Å². The number of amides is 1. The molecule has 0 radical (unpaired) electrons. The van der Waals surface area contributed by atoms with E-state index in [-0.39, 0.29) is 17.2 Å². The summed E-state index contributed by atoms with van der Waals surface area (Å²) in [5.41, 5.74) is 0.978. The number of nitrogens with zero attached hydrogens (tertiary/aromatic N) is 2. The quantitative estimate of drug-likeness (QED) is 0.880. The number of rotatable bonds is 6. The first-order chi connectivity index (χ1) is 11.0. The van der Waals surface area contributed by atoms with Crippen molar-refractivity contribution in [2.75, 3.05) is 13.7 Å². The third kappa shape index (κ3) is 4.26. The van der Waals surface area contributed by atoms with Gasteiger partial charge in [0.15, 0.2) is 5.69 Å². The Hall–Kier alpha value is -2.47. The third-order valence-corrected chi connectivity index (χ3v) is 3.46. The monoisotopic (exact) mass is 315 g/mol. The van der Waals surface area contributed by atoms with E-state index in [2.05, 4.69) is 10.4 Å². The van der Waals surface area contributed by atoms with E-state index in [0.717, 1.165) is 5.69 Å². The lowest BCUT2D eigenvalue weighted by molar-refractivity contribution is 0.0921. The number of carbonyl (C=O) groups is 1. The third-order valence-electron chi connectivity index (χ3n) is 3.46. The second kappa shape index (κ2) is 7.69. The molecule has 1 heterocycles. The first-order valence-corrected chi connectivity index (χ1v) is 7.49. The molecule has 1 amide bonds. The number of aromatic nitrogens is 2. The van der Waals surface area contributed by atoms with Crippen molar-refractivity contribution in [2.24, 2.45) is 0 Å². The number of carbonyl (C=O) groups excluding carboxylic acids is 1. The maximum atomic E-state index is 12.3. The van der Waals surface area contributed by atoms with Gasteiger partial charge in [-0.2, -0.15) is 5.10 Å². The summed E-state index contributed by atoms with van der Waals surface area (Å²) in [5.74, 6) is -0.469. The Kier molecular flexibility index (Phi) is 5.65. The highest BCUT2D eigenvalue weighted by molar-refractivity contribution is 5.92. The van der Waals surface area contributed by atoms with E-state index in [1.807, 2.05) is 37.3 Å². The van der Waals surface area contributed by atoms with E-state index in [4.69, 9.17) is 4.74 Å². The Balaban J connectivity index is 2.29. The smallest absolute Gasteiger partial charge is 0.276 e. The van der Waals surface area contributed by atoms with Crippen LogP contribution >= 0.6 is 0 Å². The highest BCUT2D eigenvalue weighted by Crippen LogP contribution is 2.08. The maximum Gasteiger partial charge on any atom is 0.276 e. The molecule has 2 aromatic rings. The number of aryl methyl sites for hydroxylation is 1. The second-order valence-electron chi connectivity index (χ2n) is 5.40. The van der Waals surface area contributed by atoms with Crippen LogP contribution in [0.4, 0.5) is 0 Å². The zero-order valence-corrected chi connectivity index (χ0v) is 13.6. The molecule has 0 fully saturated rings. The molecule has 0 aliphatic rings. The van der Waals surface area contributed by atoms with Crippen LogP contribution in [0.15, 0.2) is 41.2 Å². The van der Waals surface area contributed by atoms with Crippen LogP contribution in [0.2, 0.25) is 0 Å². The normalized spacial score (nSPS) is 12.0. The topological polar surface area (TPSA) is 73.2 Å². The zero-order valence-electron chi connectivity index (χ0n) is 13.6. The highest BCUT2D eigenvalue weighted by atomic mass is 16.5. The minimum absolute atomic E-state index is 0.102. The van der Waals surface area contributed by atoms with Gasteiger partial charge < -0.3 is 10.1 Å².